The zero-order valence-corrected chi connectivity index (χ0v) is 11.0. The molecule has 1 atom stereocenters. The highest BCUT2D eigenvalue weighted by Gasteiger charge is 2.17. The van der Waals surface area contributed by atoms with Crippen molar-refractivity contribution in [2.45, 2.75) is 32.7 Å². The molecule has 0 heterocycles. The summed E-state index contributed by atoms with van der Waals surface area (Å²) in [5, 5.41) is 9.78. The van der Waals surface area contributed by atoms with Gasteiger partial charge in [0.05, 0.1) is 12.1 Å². The topological polar surface area (TPSA) is 58.7 Å². The minimum absolute atomic E-state index is 0.346. The molecule has 1 aromatic rings. The Hall–Kier alpha value is -1.26. The fraction of sp³-hybridized carbons (Fsp3) is 0.538. The van der Waals surface area contributed by atoms with Gasteiger partial charge >= 0.3 is 0 Å². The Labute approximate surface area is 103 Å². The highest BCUT2D eigenvalue weighted by atomic mass is 16.6. The molecule has 4 nitrogen and oxygen atoms in total. The van der Waals surface area contributed by atoms with Crippen LogP contribution in [0.5, 0.6) is 0 Å². The first-order chi connectivity index (χ1) is 7.78. The van der Waals surface area contributed by atoms with Gasteiger partial charge in [-0.2, -0.15) is 0 Å². The maximum Gasteiger partial charge on any atom is 0.172 e. The van der Waals surface area contributed by atoms with Crippen molar-refractivity contribution in [1.82, 2.24) is 0 Å². The number of benzene rings is 1. The average molecular weight is 238 g/mol. The Morgan fingerprint density at radius 1 is 1.29 bits per heavy atom. The van der Waals surface area contributed by atoms with Crippen molar-refractivity contribution in [3.63, 3.8) is 0 Å². The molecule has 0 aromatic heterocycles. The van der Waals surface area contributed by atoms with Gasteiger partial charge in [-0.1, -0.05) is 0 Å². The third-order valence-corrected chi connectivity index (χ3v) is 2.25. The lowest BCUT2D eigenvalue weighted by molar-refractivity contribution is -0.159. The number of aliphatic hydroxyl groups is 1. The normalized spacial score (nSPS) is 13.5. The fourth-order valence-corrected chi connectivity index (χ4v) is 1.51. The summed E-state index contributed by atoms with van der Waals surface area (Å²) >= 11 is 0. The minimum Gasteiger partial charge on any atom is -0.399 e. The lowest BCUT2D eigenvalue weighted by Gasteiger charge is -2.28. The molecule has 0 bridgehead atoms. The van der Waals surface area contributed by atoms with Gasteiger partial charge in [0, 0.05) is 18.4 Å². The molecule has 1 unspecified atom stereocenters. The van der Waals surface area contributed by atoms with E-state index in [1.807, 2.05) is 57.0 Å². The predicted molar refractivity (Wildman–Crippen MR) is 71.0 cm³/mol. The smallest absolute Gasteiger partial charge is 0.172 e. The highest BCUT2D eigenvalue weighted by Crippen LogP contribution is 2.16. The number of aliphatic hydroxyl groups excluding tert-OH is 1. The Kier molecular flexibility index (Phi) is 4.37. The molecule has 1 rings (SSSR count). The van der Waals surface area contributed by atoms with Gasteiger partial charge in [0.1, 0.15) is 0 Å². The molecule has 0 aliphatic heterocycles. The number of likely N-dealkylation sites (N-methyl/N-ethyl adjacent to an activating group) is 1. The molecule has 17 heavy (non-hydrogen) atoms. The van der Waals surface area contributed by atoms with Crippen LogP contribution in [0.1, 0.15) is 20.8 Å². The van der Waals surface area contributed by atoms with Crippen LogP contribution < -0.4 is 10.6 Å². The number of nitrogens with zero attached hydrogens (tertiary/aromatic N) is 1. The molecule has 1 aromatic carbocycles. The molecule has 0 aliphatic rings. The molecular formula is C13H22N2O2. The number of nitrogens with two attached hydrogens (primary N) is 1. The number of ether oxygens (including phenoxy) is 1. The van der Waals surface area contributed by atoms with Crippen LogP contribution >= 0.6 is 0 Å². The number of anilines is 2. The Balaban J connectivity index is 2.54. The molecule has 0 spiro atoms. The summed E-state index contributed by atoms with van der Waals surface area (Å²) in [6.45, 7) is 6.17. The van der Waals surface area contributed by atoms with Crippen LogP contribution in [0.3, 0.4) is 0 Å². The first-order valence-corrected chi connectivity index (χ1v) is 5.70. The molecule has 3 N–H and O–H groups in total. The van der Waals surface area contributed by atoms with Crippen molar-refractivity contribution in [3.05, 3.63) is 24.3 Å². The van der Waals surface area contributed by atoms with E-state index in [1.165, 1.54) is 0 Å². The van der Waals surface area contributed by atoms with Crippen LogP contribution in [0.4, 0.5) is 11.4 Å². The van der Waals surface area contributed by atoms with E-state index >= 15 is 0 Å². The van der Waals surface area contributed by atoms with Gasteiger partial charge < -0.3 is 20.5 Å². The van der Waals surface area contributed by atoms with Crippen LogP contribution in [0.25, 0.3) is 0 Å². The van der Waals surface area contributed by atoms with Crippen molar-refractivity contribution in [1.29, 1.82) is 0 Å². The van der Waals surface area contributed by atoms with Gasteiger partial charge in [-0.05, 0) is 45.0 Å². The Morgan fingerprint density at radius 3 is 2.29 bits per heavy atom. The van der Waals surface area contributed by atoms with E-state index in [4.69, 9.17) is 10.5 Å². The number of hydrogen-bond donors (Lipinski definition) is 2. The summed E-state index contributed by atoms with van der Waals surface area (Å²) in [6, 6.07) is 7.50. The maximum atomic E-state index is 9.78. The number of nitrogen functional groups attached to an aromatic ring is 1. The van der Waals surface area contributed by atoms with Gasteiger partial charge in [-0.15, -0.1) is 0 Å². The maximum absolute atomic E-state index is 9.78. The quantitative estimate of drug-likeness (QED) is 0.620. The second kappa shape index (κ2) is 5.38. The van der Waals surface area contributed by atoms with Crippen LogP contribution in [0.2, 0.25) is 0 Å². The molecule has 0 aliphatic carbocycles. The van der Waals surface area contributed by atoms with Gasteiger partial charge in [0.15, 0.2) is 6.29 Å². The Morgan fingerprint density at radius 2 is 1.82 bits per heavy atom. The third kappa shape index (κ3) is 5.06. The van der Waals surface area contributed by atoms with Gasteiger partial charge in [-0.3, -0.25) is 0 Å². The van der Waals surface area contributed by atoms with Crippen molar-refractivity contribution >= 4 is 11.4 Å². The largest absolute Gasteiger partial charge is 0.399 e. The van der Waals surface area contributed by atoms with E-state index in [9.17, 15) is 5.11 Å². The lowest BCUT2D eigenvalue weighted by atomic mass is 10.2. The minimum atomic E-state index is -0.808. The zero-order chi connectivity index (χ0) is 13.1. The van der Waals surface area contributed by atoms with E-state index in [0.29, 0.717) is 6.54 Å². The first-order valence-electron chi connectivity index (χ1n) is 5.70. The molecule has 0 fully saturated rings. The summed E-state index contributed by atoms with van der Waals surface area (Å²) < 4.78 is 5.44. The van der Waals surface area contributed by atoms with Crippen molar-refractivity contribution in [2.75, 3.05) is 24.2 Å². The first kappa shape index (κ1) is 13.8. The standard InChI is InChI=1S/C13H22N2O2/c1-13(2,3)17-12(16)9-15(4)11-7-5-10(14)6-8-11/h5-8,12,16H,9,14H2,1-4H3. The van der Waals surface area contributed by atoms with Crippen molar-refractivity contribution < 1.29 is 9.84 Å². The lowest BCUT2D eigenvalue weighted by Crippen LogP contribution is -2.36. The fourth-order valence-electron chi connectivity index (χ4n) is 1.51. The van der Waals surface area contributed by atoms with Gasteiger partial charge in [-0.25, -0.2) is 0 Å². The second-order valence-corrected chi connectivity index (χ2v) is 5.16. The summed E-state index contributed by atoms with van der Waals surface area (Å²) in [6.07, 6.45) is -0.808. The van der Waals surface area contributed by atoms with E-state index in [-0.39, 0.29) is 5.60 Å². The van der Waals surface area contributed by atoms with Gasteiger partial charge in [0.2, 0.25) is 0 Å². The third-order valence-electron chi connectivity index (χ3n) is 2.25. The summed E-state index contributed by atoms with van der Waals surface area (Å²) in [7, 11) is 1.90. The molecule has 0 saturated carbocycles. The summed E-state index contributed by atoms with van der Waals surface area (Å²) in [5.74, 6) is 0. The predicted octanol–water partition coefficient (Wildman–Crippen LogP) is 1.84. The number of hydrogen-bond acceptors (Lipinski definition) is 4. The zero-order valence-electron chi connectivity index (χ0n) is 11.0. The molecule has 0 saturated heterocycles. The van der Waals surface area contributed by atoms with Crippen LogP contribution in [-0.4, -0.2) is 30.6 Å². The molecule has 0 amide bonds. The molecular weight excluding hydrogens is 216 g/mol. The van der Waals surface area contributed by atoms with Crippen LogP contribution in [0, 0.1) is 0 Å². The van der Waals surface area contributed by atoms with E-state index in [0.717, 1.165) is 11.4 Å². The van der Waals surface area contributed by atoms with Crippen molar-refractivity contribution in [3.8, 4) is 0 Å². The van der Waals surface area contributed by atoms with Crippen LogP contribution in [0.15, 0.2) is 24.3 Å². The molecule has 0 radical (unpaired) electrons. The second-order valence-electron chi connectivity index (χ2n) is 5.16. The van der Waals surface area contributed by atoms with E-state index in [1.54, 1.807) is 0 Å². The Bertz CT molecular complexity index is 343. The molecule has 96 valence electrons. The molecule has 4 heteroatoms. The monoisotopic (exact) mass is 238 g/mol. The van der Waals surface area contributed by atoms with Gasteiger partial charge in [0.25, 0.3) is 0 Å². The number of rotatable bonds is 4. The highest BCUT2D eigenvalue weighted by molar-refractivity contribution is 5.52. The van der Waals surface area contributed by atoms with E-state index in [2.05, 4.69) is 0 Å². The summed E-state index contributed by atoms with van der Waals surface area (Å²) in [4.78, 5) is 1.93. The average Bonchev–Trinajstić information content (AvgIpc) is 2.15. The summed E-state index contributed by atoms with van der Waals surface area (Å²) in [5.41, 5.74) is 7.00. The van der Waals surface area contributed by atoms with E-state index < -0.39 is 6.29 Å². The SMILES string of the molecule is CN(CC(O)OC(C)(C)C)c1ccc(N)cc1. The van der Waals surface area contributed by atoms with Crippen molar-refractivity contribution in [2.24, 2.45) is 0 Å². The van der Waals surface area contributed by atoms with Crippen LogP contribution in [-0.2, 0) is 4.74 Å².